The predicted octanol–water partition coefficient (Wildman–Crippen LogP) is 2.29. The molecule has 19 heavy (non-hydrogen) atoms. The number of likely N-dealkylation sites (tertiary alicyclic amines) is 1. The number of rotatable bonds is 4. The van der Waals surface area contributed by atoms with Gasteiger partial charge >= 0.3 is 6.03 Å². The van der Waals surface area contributed by atoms with Crippen LogP contribution in [0.2, 0.25) is 0 Å². The summed E-state index contributed by atoms with van der Waals surface area (Å²) in [6.45, 7) is 4.37. The minimum atomic E-state index is 0.0692. The highest BCUT2D eigenvalue weighted by Crippen LogP contribution is 2.22. The van der Waals surface area contributed by atoms with Crippen molar-refractivity contribution in [2.45, 2.75) is 19.8 Å². The summed E-state index contributed by atoms with van der Waals surface area (Å²) in [4.78, 5) is 13.6. The van der Waals surface area contributed by atoms with E-state index in [9.17, 15) is 4.79 Å². The van der Waals surface area contributed by atoms with Crippen LogP contribution in [0.15, 0.2) is 24.3 Å². The second kappa shape index (κ2) is 6.45. The fourth-order valence-electron chi connectivity index (χ4n) is 2.54. The smallest absolute Gasteiger partial charge is 0.317 e. The molecule has 1 aromatic rings. The Kier molecular flexibility index (Phi) is 4.66. The maximum atomic E-state index is 11.7. The minimum absolute atomic E-state index is 0.0692. The molecule has 104 valence electrons. The van der Waals surface area contributed by atoms with Crippen LogP contribution in [0.1, 0.15) is 18.9 Å². The molecule has 1 N–H and O–H groups in total. The molecule has 1 aromatic carbocycles. The van der Waals surface area contributed by atoms with Gasteiger partial charge in [0.1, 0.15) is 5.75 Å². The molecule has 1 unspecified atom stereocenters. The van der Waals surface area contributed by atoms with Crippen molar-refractivity contribution in [3.8, 4) is 5.75 Å². The van der Waals surface area contributed by atoms with Crippen molar-refractivity contribution in [2.24, 2.45) is 5.92 Å². The van der Waals surface area contributed by atoms with Crippen LogP contribution < -0.4 is 10.1 Å². The van der Waals surface area contributed by atoms with Gasteiger partial charge in [0.15, 0.2) is 0 Å². The minimum Gasteiger partial charge on any atom is -0.497 e. The molecule has 0 spiro atoms. The Morgan fingerprint density at radius 3 is 2.79 bits per heavy atom. The SMILES string of the molecule is CCNC(=O)N1CCC(Cc2ccc(OC)cc2)C1. The Hall–Kier alpha value is -1.71. The molecule has 0 bridgehead atoms. The Morgan fingerprint density at radius 2 is 2.16 bits per heavy atom. The van der Waals surface area contributed by atoms with Crippen molar-refractivity contribution in [3.05, 3.63) is 29.8 Å². The lowest BCUT2D eigenvalue weighted by Gasteiger charge is -2.16. The maximum Gasteiger partial charge on any atom is 0.317 e. The molecule has 1 atom stereocenters. The first-order chi connectivity index (χ1) is 9.22. The number of hydrogen-bond acceptors (Lipinski definition) is 2. The molecule has 1 heterocycles. The van der Waals surface area contributed by atoms with Gasteiger partial charge in [0.2, 0.25) is 0 Å². The highest BCUT2D eigenvalue weighted by atomic mass is 16.5. The van der Waals surface area contributed by atoms with E-state index in [0.29, 0.717) is 12.5 Å². The van der Waals surface area contributed by atoms with E-state index in [2.05, 4.69) is 17.4 Å². The van der Waals surface area contributed by atoms with E-state index in [0.717, 1.165) is 31.7 Å². The van der Waals surface area contributed by atoms with E-state index < -0.39 is 0 Å². The third-order valence-corrected chi connectivity index (χ3v) is 3.58. The summed E-state index contributed by atoms with van der Waals surface area (Å²) in [5.74, 6) is 1.45. The Labute approximate surface area is 114 Å². The van der Waals surface area contributed by atoms with Gasteiger partial charge in [-0.25, -0.2) is 4.79 Å². The molecule has 0 radical (unpaired) electrons. The van der Waals surface area contributed by atoms with Gasteiger partial charge in [-0.1, -0.05) is 12.1 Å². The Balaban J connectivity index is 1.85. The van der Waals surface area contributed by atoms with E-state index in [1.54, 1.807) is 7.11 Å². The molecule has 1 saturated heterocycles. The van der Waals surface area contributed by atoms with Crippen LogP contribution in [0.4, 0.5) is 4.79 Å². The summed E-state index contributed by atoms with van der Waals surface area (Å²) < 4.78 is 5.15. The highest BCUT2D eigenvalue weighted by molar-refractivity contribution is 5.74. The normalized spacial score (nSPS) is 18.4. The first-order valence-electron chi connectivity index (χ1n) is 6.88. The number of amides is 2. The molecule has 1 aliphatic rings. The molecule has 4 heteroatoms. The number of hydrogen-bond donors (Lipinski definition) is 1. The zero-order valence-corrected chi connectivity index (χ0v) is 11.7. The average molecular weight is 262 g/mol. The van der Waals surface area contributed by atoms with Crippen molar-refractivity contribution in [3.63, 3.8) is 0 Å². The standard InChI is InChI=1S/C15H22N2O2/c1-3-16-15(18)17-9-8-13(11-17)10-12-4-6-14(19-2)7-5-12/h4-7,13H,3,8-11H2,1-2H3,(H,16,18). The summed E-state index contributed by atoms with van der Waals surface area (Å²) in [7, 11) is 1.68. The molecule has 0 saturated carbocycles. The van der Waals surface area contributed by atoms with Crippen molar-refractivity contribution in [1.29, 1.82) is 0 Å². The van der Waals surface area contributed by atoms with E-state index in [1.165, 1.54) is 5.56 Å². The number of urea groups is 1. The molecule has 4 nitrogen and oxygen atoms in total. The summed E-state index contributed by atoms with van der Waals surface area (Å²) in [6, 6.07) is 8.26. The lowest BCUT2D eigenvalue weighted by molar-refractivity contribution is 0.207. The molecule has 0 aliphatic carbocycles. The van der Waals surface area contributed by atoms with Gasteiger partial charge in [-0.15, -0.1) is 0 Å². The number of benzene rings is 1. The van der Waals surface area contributed by atoms with Gasteiger partial charge in [-0.05, 0) is 43.4 Å². The van der Waals surface area contributed by atoms with Gasteiger partial charge in [0.25, 0.3) is 0 Å². The topological polar surface area (TPSA) is 41.6 Å². The van der Waals surface area contributed by atoms with Crippen molar-refractivity contribution >= 4 is 6.03 Å². The van der Waals surface area contributed by atoms with Crippen molar-refractivity contribution < 1.29 is 9.53 Å². The third kappa shape index (κ3) is 3.63. The third-order valence-electron chi connectivity index (χ3n) is 3.58. The molecule has 2 amide bonds. The van der Waals surface area contributed by atoms with E-state index in [-0.39, 0.29) is 6.03 Å². The molecule has 2 rings (SSSR count). The lowest BCUT2D eigenvalue weighted by atomic mass is 9.99. The largest absolute Gasteiger partial charge is 0.497 e. The van der Waals surface area contributed by atoms with Crippen molar-refractivity contribution in [2.75, 3.05) is 26.7 Å². The van der Waals surface area contributed by atoms with Crippen LogP contribution in [0.5, 0.6) is 5.75 Å². The van der Waals surface area contributed by atoms with Gasteiger partial charge in [0, 0.05) is 19.6 Å². The first-order valence-corrected chi connectivity index (χ1v) is 6.88. The Bertz CT molecular complexity index is 417. The summed E-state index contributed by atoms with van der Waals surface area (Å²) >= 11 is 0. The van der Waals surface area contributed by atoms with E-state index >= 15 is 0 Å². The summed E-state index contributed by atoms with van der Waals surface area (Å²) in [5, 5.41) is 2.86. The monoisotopic (exact) mass is 262 g/mol. The van der Waals surface area contributed by atoms with Crippen molar-refractivity contribution in [1.82, 2.24) is 10.2 Å². The second-order valence-corrected chi connectivity index (χ2v) is 4.99. The first kappa shape index (κ1) is 13.7. The van der Waals surface area contributed by atoms with Gasteiger partial charge in [-0.3, -0.25) is 0 Å². The van der Waals surface area contributed by atoms with Gasteiger partial charge < -0.3 is 15.0 Å². The van der Waals surface area contributed by atoms with Crippen LogP contribution in [-0.2, 0) is 6.42 Å². The Morgan fingerprint density at radius 1 is 1.42 bits per heavy atom. The maximum absolute atomic E-state index is 11.7. The highest BCUT2D eigenvalue weighted by Gasteiger charge is 2.25. The second-order valence-electron chi connectivity index (χ2n) is 4.99. The number of methoxy groups -OCH3 is 1. The number of carbonyl (C=O) groups is 1. The fourth-order valence-corrected chi connectivity index (χ4v) is 2.54. The zero-order chi connectivity index (χ0) is 13.7. The quantitative estimate of drug-likeness (QED) is 0.904. The number of ether oxygens (including phenoxy) is 1. The molecular weight excluding hydrogens is 240 g/mol. The summed E-state index contributed by atoms with van der Waals surface area (Å²) in [5.41, 5.74) is 1.31. The lowest BCUT2D eigenvalue weighted by Crippen LogP contribution is -2.38. The van der Waals surface area contributed by atoms with Crippen LogP contribution in [0.25, 0.3) is 0 Å². The van der Waals surface area contributed by atoms with E-state index in [4.69, 9.17) is 4.74 Å². The number of nitrogens with one attached hydrogen (secondary N) is 1. The molecule has 1 fully saturated rings. The number of nitrogens with zero attached hydrogens (tertiary/aromatic N) is 1. The predicted molar refractivity (Wildman–Crippen MR) is 75.5 cm³/mol. The van der Waals surface area contributed by atoms with E-state index in [1.807, 2.05) is 24.0 Å². The van der Waals surface area contributed by atoms with Crippen LogP contribution in [-0.4, -0.2) is 37.7 Å². The zero-order valence-electron chi connectivity index (χ0n) is 11.7. The molecular formula is C15H22N2O2. The molecule has 0 aromatic heterocycles. The van der Waals surface area contributed by atoms with Gasteiger partial charge in [0.05, 0.1) is 7.11 Å². The molecule has 1 aliphatic heterocycles. The van der Waals surface area contributed by atoms with Crippen LogP contribution in [0, 0.1) is 5.92 Å². The van der Waals surface area contributed by atoms with Crippen LogP contribution >= 0.6 is 0 Å². The van der Waals surface area contributed by atoms with Crippen LogP contribution in [0.3, 0.4) is 0 Å². The van der Waals surface area contributed by atoms with Gasteiger partial charge in [-0.2, -0.15) is 0 Å². The average Bonchev–Trinajstić information content (AvgIpc) is 2.88. The number of carbonyl (C=O) groups excluding carboxylic acids is 1. The fraction of sp³-hybridized carbons (Fsp3) is 0.533. The summed E-state index contributed by atoms with van der Waals surface area (Å²) in [6.07, 6.45) is 2.11.